The Morgan fingerprint density at radius 3 is 2.78 bits per heavy atom. The van der Waals surface area contributed by atoms with E-state index in [1.165, 1.54) is 0 Å². The molecule has 1 N–H and O–H groups in total. The molecule has 0 aliphatic carbocycles. The molecular formula is C14H27N3O. The van der Waals surface area contributed by atoms with Gasteiger partial charge in [0.1, 0.15) is 0 Å². The number of amides is 1. The van der Waals surface area contributed by atoms with Crippen LogP contribution >= 0.6 is 0 Å². The highest BCUT2D eigenvalue weighted by molar-refractivity contribution is 5.83. The fourth-order valence-corrected chi connectivity index (χ4v) is 3.23. The SMILES string of the molecule is CCC1CN(C)CCCN1C(=O)C1NCCC1C. The minimum Gasteiger partial charge on any atom is -0.337 e. The molecule has 3 atom stereocenters. The molecule has 0 bridgehead atoms. The maximum absolute atomic E-state index is 12.7. The number of carbonyl (C=O) groups excluding carboxylic acids is 1. The Morgan fingerprint density at radius 1 is 1.39 bits per heavy atom. The van der Waals surface area contributed by atoms with E-state index in [1.54, 1.807) is 0 Å². The number of nitrogens with zero attached hydrogens (tertiary/aromatic N) is 2. The van der Waals surface area contributed by atoms with E-state index in [-0.39, 0.29) is 6.04 Å². The Morgan fingerprint density at radius 2 is 2.17 bits per heavy atom. The molecule has 0 saturated carbocycles. The van der Waals surface area contributed by atoms with E-state index >= 15 is 0 Å². The molecule has 0 aromatic carbocycles. The molecule has 1 amide bonds. The average molecular weight is 253 g/mol. The zero-order valence-corrected chi connectivity index (χ0v) is 12.0. The van der Waals surface area contributed by atoms with Crippen LogP contribution in [0.5, 0.6) is 0 Å². The van der Waals surface area contributed by atoms with Crippen molar-refractivity contribution in [3.63, 3.8) is 0 Å². The molecule has 0 aromatic rings. The number of nitrogens with one attached hydrogen (secondary N) is 1. The first-order valence-electron chi connectivity index (χ1n) is 7.36. The monoisotopic (exact) mass is 253 g/mol. The second-order valence-electron chi connectivity index (χ2n) is 5.91. The van der Waals surface area contributed by atoms with Gasteiger partial charge in [0.2, 0.25) is 5.91 Å². The lowest BCUT2D eigenvalue weighted by molar-refractivity contribution is -0.136. The van der Waals surface area contributed by atoms with Crippen LogP contribution in [0.2, 0.25) is 0 Å². The maximum atomic E-state index is 12.7. The second-order valence-corrected chi connectivity index (χ2v) is 5.91. The Kier molecular flexibility index (Phi) is 4.62. The van der Waals surface area contributed by atoms with Crippen LogP contribution in [0.15, 0.2) is 0 Å². The fraction of sp³-hybridized carbons (Fsp3) is 0.929. The van der Waals surface area contributed by atoms with Gasteiger partial charge >= 0.3 is 0 Å². The second kappa shape index (κ2) is 6.02. The molecule has 2 aliphatic rings. The Labute approximate surface area is 111 Å². The number of carbonyl (C=O) groups is 1. The van der Waals surface area contributed by atoms with Gasteiger partial charge in [-0.25, -0.2) is 0 Å². The lowest BCUT2D eigenvalue weighted by atomic mass is 10.0. The van der Waals surface area contributed by atoms with Crippen molar-refractivity contribution in [1.82, 2.24) is 15.1 Å². The largest absolute Gasteiger partial charge is 0.337 e. The summed E-state index contributed by atoms with van der Waals surface area (Å²) in [6, 6.07) is 0.446. The highest BCUT2D eigenvalue weighted by Gasteiger charge is 2.35. The first-order valence-corrected chi connectivity index (χ1v) is 7.36. The van der Waals surface area contributed by atoms with Gasteiger partial charge in [-0.1, -0.05) is 13.8 Å². The van der Waals surface area contributed by atoms with Crippen LogP contribution < -0.4 is 5.32 Å². The van der Waals surface area contributed by atoms with E-state index < -0.39 is 0 Å². The van der Waals surface area contributed by atoms with Crippen LogP contribution in [-0.4, -0.2) is 61.0 Å². The third-order valence-corrected chi connectivity index (χ3v) is 4.46. The number of likely N-dealkylation sites (N-methyl/N-ethyl adjacent to an activating group) is 1. The van der Waals surface area contributed by atoms with Crippen molar-refractivity contribution >= 4 is 5.91 Å². The quantitative estimate of drug-likeness (QED) is 0.795. The predicted octanol–water partition coefficient (Wildman–Crippen LogP) is 0.927. The number of hydrogen-bond acceptors (Lipinski definition) is 3. The molecule has 18 heavy (non-hydrogen) atoms. The van der Waals surface area contributed by atoms with Gasteiger partial charge in [0.15, 0.2) is 0 Å². The van der Waals surface area contributed by atoms with E-state index in [0.717, 1.165) is 45.4 Å². The van der Waals surface area contributed by atoms with Crippen molar-refractivity contribution in [1.29, 1.82) is 0 Å². The van der Waals surface area contributed by atoms with Gasteiger partial charge in [0.25, 0.3) is 0 Å². The molecule has 2 fully saturated rings. The molecule has 2 heterocycles. The Hall–Kier alpha value is -0.610. The molecule has 2 saturated heterocycles. The highest BCUT2D eigenvalue weighted by Crippen LogP contribution is 2.20. The molecule has 3 unspecified atom stereocenters. The predicted molar refractivity (Wildman–Crippen MR) is 73.5 cm³/mol. The summed E-state index contributed by atoms with van der Waals surface area (Å²) in [5, 5.41) is 3.37. The van der Waals surface area contributed by atoms with Gasteiger partial charge in [-0.15, -0.1) is 0 Å². The summed E-state index contributed by atoms with van der Waals surface area (Å²) >= 11 is 0. The van der Waals surface area contributed by atoms with Crippen LogP contribution in [-0.2, 0) is 4.79 Å². The third kappa shape index (κ3) is 2.86. The molecule has 4 nitrogen and oxygen atoms in total. The smallest absolute Gasteiger partial charge is 0.240 e. The van der Waals surface area contributed by atoms with Crippen molar-refractivity contribution in [2.45, 2.75) is 45.2 Å². The van der Waals surface area contributed by atoms with Crippen LogP contribution in [0.4, 0.5) is 0 Å². The lowest BCUT2D eigenvalue weighted by Crippen LogP contribution is -2.51. The van der Waals surface area contributed by atoms with Crippen LogP contribution in [0.1, 0.15) is 33.1 Å². The Bertz CT molecular complexity index is 295. The molecule has 2 rings (SSSR count). The lowest BCUT2D eigenvalue weighted by Gasteiger charge is -2.33. The van der Waals surface area contributed by atoms with Gasteiger partial charge in [0, 0.05) is 19.1 Å². The molecule has 2 aliphatic heterocycles. The van der Waals surface area contributed by atoms with E-state index in [2.05, 4.69) is 36.0 Å². The van der Waals surface area contributed by atoms with E-state index in [0.29, 0.717) is 17.9 Å². The van der Waals surface area contributed by atoms with Crippen molar-refractivity contribution in [2.24, 2.45) is 5.92 Å². The first-order chi connectivity index (χ1) is 8.63. The normalized spacial score (nSPS) is 34.6. The van der Waals surface area contributed by atoms with Gasteiger partial charge < -0.3 is 15.1 Å². The fourth-order valence-electron chi connectivity index (χ4n) is 3.23. The molecule has 104 valence electrons. The standard InChI is InChI=1S/C14H27N3O/c1-4-12-10-16(3)8-5-9-17(12)14(18)13-11(2)6-7-15-13/h11-13,15H,4-10H2,1-3H3. The van der Waals surface area contributed by atoms with Crippen LogP contribution in [0.25, 0.3) is 0 Å². The highest BCUT2D eigenvalue weighted by atomic mass is 16.2. The van der Waals surface area contributed by atoms with E-state index in [1.807, 2.05) is 0 Å². The summed E-state index contributed by atoms with van der Waals surface area (Å²) in [7, 11) is 2.16. The van der Waals surface area contributed by atoms with Gasteiger partial charge in [-0.3, -0.25) is 4.79 Å². The topological polar surface area (TPSA) is 35.6 Å². The van der Waals surface area contributed by atoms with Crippen molar-refractivity contribution < 1.29 is 4.79 Å². The van der Waals surface area contributed by atoms with E-state index in [4.69, 9.17) is 0 Å². The summed E-state index contributed by atoms with van der Waals surface area (Å²) < 4.78 is 0. The molecule has 0 spiro atoms. The maximum Gasteiger partial charge on any atom is 0.240 e. The van der Waals surface area contributed by atoms with Crippen molar-refractivity contribution in [3.05, 3.63) is 0 Å². The minimum atomic E-state index is 0.0578. The summed E-state index contributed by atoms with van der Waals surface area (Å²) in [6.07, 6.45) is 3.28. The van der Waals surface area contributed by atoms with Crippen LogP contribution in [0, 0.1) is 5.92 Å². The Balaban J connectivity index is 2.06. The van der Waals surface area contributed by atoms with Gasteiger partial charge in [0.05, 0.1) is 6.04 Å². The van der Waals surface area contributed by atoms with E-state index in [9.17, 15) is 4.79 Å². The molecule has 0 radical (unpaired) electrons. The zero-order valence-electron chi connectivity index (χ0n) is 12.0. The first kappa shape index (κ1) is 13.8. The minimum absolute atomic E-state index is 0.0578. The van der Waals surface area contributed by atoms with Gasteiger partial charge in [-0.2, -0.15) is 0 Å². The van der Waals surface area contributed by atoms with Crippen molar-refractivity contribution in [2.75, 3.05) is 33.2 Å². The molecule has 4 heteroatoms. The summed E-state index contributed by atoms with van der Waals surface area (Å²) in [5.41, 5.74) is 0. The van der Waals surface area contributed by atoms with Crippen LogP contribution in [0.3, 0.4) is 0 Å². The number of hydrogen-bond donors (Lipinski definition) is 1. The molecule has 0 aromatic heterocycles. The van der Waals surface area contributed by atoms with Gasteiger partial charge in [-0.05, 0) is 45.3 Å². The summed E-state index contributed by atoms with van der Waals surface area (Å²) in [6.45, 7) is 8.41. The summed E-state index contributed by atoms with van der Waals surface area (Å²) in [5.74, 6) is 0.818. The average Bonchev–Trinajstić information content (AvgIpc) is 2.68. The molecular weight excluding hydrogens is 226 g/mol. The number of rotatable bonds is 2. The third-order valence-electron chi connectivity index (χ3n) is 4.46. The summed E-state index contributed by atoms with van der Waals surface area (Å²) in [4.78, 5) is 17.2. The van der Waals surface area contributed by atoms with Crippen molar-refractivity contribution in [3.8, 4) is 0 Å². The zero-order chi connectivity index (χ0) is 13.1.